The lowest BCUT2D eigenvalue weighted by molar-refractivity contribution is 0.0693. The molecule has 2 heterocycles. The average molecular weight is 395 g/mol. The van der Waals surface area contributed by atoms with Gasteiger partial charge in [-0.3, -0.25) is 4.79 Å². The second kappa shape index (κ2) is 7.24. The number of benzene rings is 2. The first-order valence-corrected chi connectivity index (χ1v) is 10.0. The zero-order valence-electron chi connectivity index (χ0n) is 15.5. The van der Waals surface area contributed by atoms with Gasteiger partial charge in [0.05, 0.1) is 15.8 Å². The first kappa shape index (κ1) is 18.4. The first-order valence-electron chi connectivity index (χ1n) is 9.21. The SMILES string of the molecule is Cc1cc(C(=O)N2CCC[C@@H](c3ccc(C(=O)O)cc3)C2)cc2sc(N)nc12. The Morgan fingerprint density at radius 3 is 2.68 bits per heavy atom. The molecule has 3 aromatic rings. The summed E-state index contributed by atoms with van der Waals surface area (Å²) in [5.74, 6) is -0.699. The molecule has 0 radical (unpaired) electrons. The molecule has 1 fully saturated rings. The lowest BCUT2D eigenvalue weighted by atomic mass is 9.89. The quantitative estimate of drug-likeness (QED) is 0.701. The highest BCUT2D eigenvalue weighted by molar-refractivity contribution is 7.22. The summed E-state index contributed by atoms with van der Waals surface area (Å²) in [6.45, 7) is 3.30. The Labute approximate surface area is 166 Å². The average Bonchev–Trinajstić information content (AvgIpc) is 3.08. The molecule has 0 unspecified atom stereocenters. The number of thiazole rings is 1. The Morgan fingerprint density at radius 2 is 1.96 bits per heavy atom. The maximum atomic E-state index is 13.1. The van der Waals surface area contributed by atoms with Gasteiger partial charge in [0.15, 0.2) is 5.13 Å². The van der Waals surface area contributed by atoms with Gasteiger partial charge < -0.3 is 15.7 Å². The Kier molecular flexibility index (Phi) is 4.77. The van der Waals surface area contributed by atoms with Crippen LogP contribution in [-0.2, 0) is 0 Å². The third-order valence-corrected chi connectivity index (χ3v) is 6.12. The van der Waals surface area contributed by atoms with Gasteiger partial charge in [-0.15, -0.1) is 0 Å². The number of carbonyl (C=O) groups is 2. The zero-order chi connectivity index (χ0) is 19.8. The van der Waals surface area contributed by atoms with Gasteiger partial charge in [-0.05, 0) is 55.2 Å². The number of nitrogens with two attached hydrogens (primary N) is 1. The highest BCUT2D eigenvalue weighted by Gasteiger charge is 2.26. The summed E-state index contributed by atoms with van der Waals surface area (Å²) in [6.07, 6.45) is 1.91. The van der Waals surface area contributed by atoms with E-state index >= 15 is 0 Å². The third-order valence-electron chi connectivity index (χ3n) is 5.29. The van der Waals surface area contributed by atoms with Crippen molar-refractivity contribution in [2.24, 2.45) is 0 Å². The van der Waals surface area contributed by atoms with Gasteiger partial charge >= 0.3 is 5.97 Å². The number of hydrogen-bond acceptors (Lipinski definition) is 5. The summed E-state index contributed by atoms with van der Waals surface area (Å²) in [6, 6.07) is 10.7. The topological polar surface area (TPSA) is 96.5 Å². The number of anilines is 1. The summed E-state index contributed by atoms with van der Waals surface area (Å²) >= 11 is 1.39. The molecule has 4 rings (SSSR count). The molecule has 1 saturated heterocycles. The molecule has 144 valence electrons. The van der Waals surface area contributed by atoms with E-state index in [4.69, 9.17) is 10.8 Å². The van der Waals surface area contributed by atoms with Crippen molar-refractivity contribution < 1.29 is 14.7 Å². The summed E-state index contributed by atoms with van der Waals surface area (Å²) < 4.78 is 0.929. The number of carbonyl (C=O) groups excluding carboxylic acids is 1. The van der Waals surface area contributed by atoms with E-state index in [1.54, 1.807) is 12.1 Å². The predicted molar refractivity (Wildman–Crippen MR) is 110 cm³/mol. The summed E-state index contributed by atoms with van der Waals surface area (Å²) in [5, 5.41) is 9.57. The molecule has 1 aliphatic heterocycles. The molecule has 6 nitrogen and oxygen atoms in total. The van der Waals surface area contributed by atoms with Crippen LogP contribution in [0.1, 0.15) is 50.6 Å². The molecule has 0 spiro atoms. The smallest absolute Gasteiger partial charge is 0.335 e. The van der Waals surface area contributed by atoms with E-state index in [0.29, 0.717) is 17.2 Å². The van der Waals surface area contributed by atoms with Gasteiger partial charge in [-0.1, -0.05) is 23.5 Å². The van der Waals surface area contributed by atoms with E-state index < -0.39 is 5.97 Å². The molecule has 1 atom stereocenters. The number of rotatable bonds is 3. The van der Waals surface area contributed by atoms with Crippen molar-refractivity contribution in [3.05, 3.63) is 58.7 Å². The molecule has 2 aromatic carbocycles. The summed E-state index contributed by atoms with van der Waals surface area (Å²) in [5.41, 5.74) is 9.64. The van der Waals surface area contributed by atoms with Crippen molar-refractivity contribution in [2.45, 2.75) is 25.7 Å². The maximum absolute atomic E-state index is 13.1. The van der Waals surface area contributed by atoms with Crippen molar-refractivity contribution in [1.82, 2.24) is 9.88 Å². The van der Waals surface area contributed by atoms with E-state index in [-0.39, 0.29) is 17.4 Å². The van der Waals surface area contributed by atoms with Crippen molar-refractivity contribution in [3.8, 4) is 0 Å². The number of piperidine rings is 1. The lowest BCUT2D eigenvalue weighted by Crippen LogP contribution is -2.39. The fourth-order valence-corrected chi connectivity index (χ4v) is 4.70. The van der Waals surface area contributed by atoms with Crippen molar-refractivity contribution in [3.63, 3.8) is 0 Å². The molecular formula is C21H21N3O3S. The predicted octanol–water partition coefficient (Wildman–Crippen LogP) is 3.90. The van der Waals surface area contributed by atoms with Crippen LogP contribution in [0.3, 0.4) is 0 Å². The highest BCUT2D eigenvalue weighted by Crippen LogP contribution is 2.31. The minimum absolute atomic E-state index is 0.0174. The van der Waals surface area contributed by atoms with Crippen LogP contribution in [0.5, 0.6) is 0 Å². The van der Waals surface area contributed by atoms with E-state index in [1.165, 1.54) is 11.3 Å². The Balaban J connectivity index is 1.55. The van der Waals surface area contributed by atoms with Crippen molar-refractivity contribution in [1.29, 1.82) is 0 Å². The first-order chi connectivity index (χ1) is 13.4. The molecule has 0 saturated carbocycles. The van der Waals surface area contributed by atoms with Crippen LogP contribution in [0.15, 0.2) is 36.4 Å². The second-order valence-corrected chi connectivity index (χ2v) is 8.27. The maximum Gasteiger partial charge on any atom is 0.335 e. The van der Waals surface area contributed by atoms with Crippen LogP contribution in [0.2, 0.25) is 0 Å². The van der Waals surface area contributed by atoms with Crippen LogP contribution < -0.4 is 5.73 Å². The Bertz CT molecular complexity index is 1060. The highest BCUT2D eigenvalue weighted by atomic mass is 32.1. The number of aryl methyl sites for hydroxylation is 1. The Hall–Kier alpha value is -2.93. The molecule has 0 bridgehead atoms. The van der Waals surface area contributed by atoms with Crippen molar-refractivity contribution >= 4 is 38.6 Å². The molecule has 28 heavy (non-hydrogen) atoms. The largest absolute Gasteiger partial charge is 0.478 e. The number of nitrogen functional groups attached to an aromatic ring is 1. The number of carboxylic acids is 1. The van der Waals surface area contributed by atoms with Crippen LogP contribution in [-0.4, -0.2) is 40.0 Å². The van der Waals surface area contributed by atoms with E-state index in [0.717, 1.165) is 40.7 Å². The fraction of sp³-hybridized carbons (Fsp3) is 0.286. The number of carboxylic acid groups (broad SMARTS) is 1. The number of amides is 1. The summed E-state index contributed by atoms with van der Waals surface area (Å²) in [4.78, 5) is 30.4. The number of hydrogen-bond donors (Lipinski definition) is 2. The van der Waals surface area contributed by atoms with Crippen LogP contribution in [0.25, 0.3) is 10.2 Å². The Morgan fingerprint density at radius 1 is 1.21 bits per heavy atom. The molecule has 7 heteroatoms. The van der Waals surface area contributed by atoms with Gasteiger partial charge in [0.2, 0.25) is 0 Å². The van der Waals surface area contributed by atoms with Gasteiger partial charge in [0, 0.05) is 24.6 Å². The van der Waals surface area contributed by atoms with Gasteiger partial charge in [-0.2, -0.15) is 0 Å². The molecular weight excluding hydrogens is 374 g/mol. The fourth-order valence-electron chi connectivity index (χ4n) is 3.85. The van der Waals surface area contributed by atoms with Crippen molar-refractivity contribution in [2.75, 3.05) is 18.8 Å². The van der Waals surface area contributed by atoms with Crippen LogP contribution in [0, 0.1) is 6.92 Å². The van der Waals surface area contributed by atoms with Gasteiger partial charge in [0.25, 0.3) is 5.91 Å². The number of nitrogens with zero attached hydrogens (tertiary/aromatic N) is 2. The van der Waals surface area contributed by atoms with Gasteiger partial charge in [-0.25, -0.2) is 9.78 Å². The number of aromatic carboxylic acids is 1. The van der Waals surface area contributed by atoms with Gasteiger partial charge in [0.1, 0.15) is 0 Å². The standard InChI is InChI=1S/C21H21N3O3S/c1-12-9-16(10-17-18(12)23-21(22)28-17)19(25)24-8-2-3-15(11-24)13-4-6-14(7-5-13)20(26)27/h4-7,9-10,15H,2-3,8,11H2,1H3,(H2,22,23)(H,26,27)/t15-/m1/s1. The minimum atomic E-state index is -0.929. The van der Waals surface area contributed by atoms with Crippen LogP contribution in [0.4, 0.5) is 5.13 Å². The molecule has 1 aliphatic rings. The molecule has 1 amide bonds. The zero-order valence-corrected chi connectivity index (χ0v) is 16.3. The normalized spacial score (nSPS) is 17.0. The number of likely N-dealkylation sites (tertiary alicyclic amines) is 1. The lowest BCUT2D eigenvalue weighted by Gasteiger charge is -2.33. The number of fused-ring (bicyclic) bond motifs is 1. The molecule has 1 aromatic heterocycles. The van der Waals surface area contributed by atoms with E-state index in [1.807, 2.05) is 36.1 Å². The second-order valence-electron chi connectivity index (χ2n) is 7.21. The third kappa shape index (κ3) is 3.45. The van der Waals surface area contributed by atoms with Crippen LogP contribution >= 0.6 is 11.3 Å². The minimum Gasteiger partial charge on any atom is -0.478 e. The van der Waals surface area contributed by atoms with E-state index in [2.05, 4.69) is 4.98 Å². The molecule has 3 N–H and O–H groups in total. The summed E-state index contributed by atoms with van der Waals surface area (Å²) in [7, 11) is 0. The molecule has 0 aliphatic carbocycles. The monoisotopic (exact) mass is 395 g/mol. The number of aromatic nitrogens is 1. The van der Waals surface area contributed by atoms with E-state index in [9.17, 15) is 9.59 Å².